The molecule has 0 saturated carbocycles. The molecule has 0 aromatic carbocycles. The number of hydrogen-bond acceptors (Lipinski definition) is 2. The van der Waals surface area contributed by atoms with Gasteiger partial charge in [-0.15, -0.1) is 0 Å². The lowest BCUT2D eigenvalue weighted by atomic mass is 10.2. The first-order chi connectivity index (χ1) is 6.00. The van der Waals surface area contributed by atoms with Crippen LogP contribution in [0.15, 0.2) is 0 Å². The summed E-state index contributed by atoms with van der Waals surface area (Å²) in [6.45, 7) is 0. The van der Waals surface area contributed by atoms with E-state index >= 15 is 0 Å². The van der Waals surface area contributed by atoms with E-state index in [0.29, 0.717) is 12.2 Å². The minimum atomic E-state index is -4.75. The summed E-state index contributed by atoms with van der Waals surface area (Å²) in [7, 11) is 0. The van der Waals surface area contributed by atoms with E-state index in [1.807, 2.05) is 5.32 Å². The highest BCUT2D eigenvalue weighted by atomic mass is 32.2. The molecule has 0 spiro atoms. The second-order valence-corrected chi connectivity index (χ2v) is 4.04. The van der Waals surface area contributed by atoms with Gasteiger partial charge < -0.3 is 5.32 Å². The summed E-state index contributed by atoms with van der Waals surface area (Å²) in [4.78, 5) is 10.5. The molecule has 1 N–H and O–H groups in total. The van der Waals surface area contributed by atoms with Gasteiger partial charge in [-0.25, -0.2) is 0 Å². The number of amides is 1. The largest absolute Gasteiger partial charge is 0.471 e. The van der Waals surface area contributed by atoms with Gasteiger partial charge in [0.1, 0.15) is 0 Å². The molecule has 6 heteroatoms. The zero-order chi connectivity index (χ0) is 9.90. The lowest BCUT2D eigenvalue weighted by molar-refractivity contribution is -0.174. The quantitative estimate of drug-likeness (QED) is 0.716. The summed E-state index contributed by atoms with van der Waals surface area (Å²) in [6, 6.07) is -0.312. The molecule has 0 aliphatic carbocycles. The van der Waals surface area contributed by atoms with E-state index in [1.165, 1.54) is 0 Å². The van der Waals surface area contributed by atoms with Crippen molar-refractivity contribution in [2.75, 3.05) is 11.5 Å². The fourth-order valence-electron chi connectivity index (χ4n) is 1.12. The van der Waals surface area contributed by atoms with Gasteiger partial charge in [0.25, 0.3) is 0 Å². The third-order valence-electron chi connectivity index (χ3n) is 1.75. The summed E-state index contributed by atoms with van der Waals surface area (Å²) >= 11 is 1.57. The van der Waals surface area contributed by atoms with Crippen LogP contribution in [0, 0.1) is 0 Å². The van der Waals surface area contributed by atoms with Crippen LogP contribution in [-0.4, -0.2) is 29.6 Å². The van der Waals surface area contributed by atoms with Crippen molar-refractivity contribution < 1.29 is 18.0 Å². The normalized spacial score (nSPS) is 24.1. The molecule has 0 radical (unpaired) electrons. The third kappa shape index (κ3) is 3.46. The molecule has 1 fully saturated rings. The number of halogens is 3. The average Bonchev–Trinajstić information content (AvgIpc) is 2.04. The fourth-order valence-corrected chi connectivity index (χ4v) is 2.19. The molecular weight excluding hydrogens is 203 g/mol. The first-order valence-electron chi connectivity index (χ1n) is 3.95. The van der Waals surface area contributed by atoms with Gasteiger partial charge in [-0.3, -0.25) is 4.79 Å². The number of hydrogen-bond donors (Lipinski definition) is 1. The standard InChI is InChI=1S/C7H10F3NOS/c8-7(9,10)6(12)11-5-2-1-3-13-4-5/h5H,1-4H2,(H,11,12). The SMILES string of the molecule is O=C(NC1CCCSC1)C(F)(F)F. The molecule has 1 atom stereocenters. The van der Waals surface area contributed by atoms with Gasteiger partial charge in [-0.2, -0.15) is 24.9 Å². The Hall–Kier alpha value is -0.390. The predicted octanol–water partition coefficient (Wildman–Crippen LogP) is 1.56. The lowest BCUT2D eigenvalue weighted by Gasteiger charge is -2.22. The van der Waals surface area contributed by atoms with Crippen molar-refractivity contribution in [3.8, 4) is 0 Å². The molecule has 1 amide bonds. The van der Waals surface area contributed by atoms with Crippen LogP contribution < -0.4 is 5.32 Å². The van der Waals surface area contributed by atoms with Gasteiger partial charge in [0, 0.05) is 11.8 Å². The second kappa shape index (κ2) is 4.21. The monoisotopic (exact) mass is 213 g/mol. The van der Waals surface area contributed by atoms with Gasteiger partial charge in [0.05, 0.1) is 0 Å². The van der Waals surface area contributed by atoms with Crippen molar-refractivity contribution in [1.82, 2.24) is 5.32 Å². The highest BCUT2D eigenvalue weighted by Crippen LogP contribution is 2.19. The predicted molar refractivity (Wildman–Crippen MR) is 44.5 cm³/mol. The zero-order valence-corrected chi connectivity index (χ0v) is 7.67. The molecule has 1 rings (SSSR count). The molecule has 1 heterocycles. The van der Waals surface area contributed by atoms with Gasteiger partial charge in [-0.1, -0.05) is 0 Å². The zero-order valence-electron chi connectivity index (χ0n) is 6.86. The minimum Gasteiger partial charge on any atom is -0.345 e. The van der Waals surface area contributed by atoms with Crippen LogP contribution in [0.5, 0.6) is 0 Å². The van der Waals surface area contributed by atoms with E-state index in [4.69, 9.17) is 0 Å². The highest BCUT2D eigenvalue weighted by molar-refractivity contribution is 7.99. The molecule has 1 saturated heterocycles. The Morgan fingerprint density at radius 1 is 1.46 bits per heavy atom. The Bertz CT molecular complexity index is 189. The molecule has 2 nitrogen and oxygen atoms in total. The lowest BCUT2D eigenvalue weighted by Crippen LogP contribution is -2.45. The molecule has 0 aromatic rings. The summed E-state index contributed by atoms with van der Waals surface area (Å²) in [5.41, 5.74) is 0. The minimum absolute atomic E-state index is 0.312. The second-order valence-electron chi connectivity index (χ2n) is 2.89. The smallest absolute Gasteiger partial charge is 0.345 e. The third-order valence-corrected chi connectivity index (χ3v) is 2.97. The molecule has 13 heavy (non-hydrogen) atoms. The molecule has 1 aliphatic heterocycles. The van der Waals surface area contributed by atoms with Crippen LogP contribution >= 0.6 is 11.8 Å². The van der Waals surface area contributed by atoms with Gasteiger partial charge in [-0.05, 0) is 18.6 Å². The van der Waals surface area contributed by atoms with Crippen molar-refractivity contribution in [3.63, 3.8) is 0 Å². The first-order valence-corrected chi connectivity index (χ1v) is 5.11. The van der Waals surface area contributed by atoms with E-state index < -0.39 is 12.1 Å². The van der Waals surface area contributed by atoms with Gasteiger partial charge >= 0.3 is 12.1 Å². The van der Waals surface area contributed by atoms with Crippen LogP contribution in [0.3, 0.4) is 0 Å². The van der Waals surface area contributed by atoms with Gasteiger partial charge in [0.2, 0.25) is 0 Å². The number of nitrogens with one attached hydrogen (secondary N) is 1. The maximum Gasteiger partial charge on any atom is 0.471 e. The summed E-state index contributed by atoms with van der Waals surface area (Å²) < 4.78 is 35.4. The topological polar surface area (TPSA) is 29.1 Å². The van der Waals surface area contributed by atoms with Crippen molar-refractivity contribution in [1.29, 1.82) is 0 Å². The van der Waals surface area contributed by atoms with Crippen molar-refractivity contribution in [2.24, 2.45) is 0 Å². The van der Waals surface area contributed by atoms with Crippen molar-refractivity contribution in [3.05, 3.63) is 0 Å². The van der Waals surface area contributed by atoms with Crippen molar-refractivity contribution >= 4 is 17.7 Å². The van der Waals surface area contributed by atoms with Gasteiger partial charge in [0.15, 0.2) is 0 Å². The maximum absolute atomic E-state index is 11.8. The summed E-state index contributed by atoms with van der Waals surface area (Å²) in [5.74, 6) is -0.264. The van der Waals surface area contributed by atoms with E-state index in [1.54, 1.807) is 11.8 Å². The Labute approximate surface area is 78.3 Å². The summed E-state index contributed by atoms with van der Waals surface area (Å²) in [5, 5.41) is 1.97. The Morgan fingerprint density at radius 3 is 2.62 bits per heavy atom. The average molecular weight is 213 g/mol. The fraction of sp³-hybridized carbons (Fsp3) is 0.857. The molecular formula is C7H10F3NOS. The van der Waals surface area contributed by atoms with Crippen molar-refractivity contribution in [2.45, 2.75) is 25.1 Å². The summed E-state index contributed by atoms with van der Waals surface area (Å²) in [6.07, 6.45) is -3.23. The van der Waals surface area contributed by atoms with E-state index in [2.05, 4.69) is 0 Å². The first kappa shape index (κ1) is 10.7. The Morgan fingerprint density at radius 2 is 2.15 bits per heavy atom. The number of carbonyl (C=O) groups is 1. The molecule has 1 aliphatic rings. The number of rotatable bonds is 1. The Balaban J connectivity index is 2.35. The molecule has 76 valence electrons. The Kier molecular flexibility index (Phi) is 3.47. The van der Waals surface area contributed by atoms with Crippen LogP contribution in [-0.2, 0) is 4.79 Å². The van der Waals surface area contributed by atoms with E-state index in [9.17, 15) is 18.0 Å². The molecule has 1 unspecified atom stereocenters. The van der Waals surface area contributed by atoms with Crippen LogP contribution in [0.2, 0.25) is 0 Å². The van der Waals surface area contributed by atoms with E-state index in [-0.39, 0.29) is 6.04 Å². The highest BCUT2D eigenvalue weighted by Gasteiger charge is 2.39. The van der Waals surface area contributed by atoms with Crippen LogP contribution in [0.1, 0.15) is 12.8 Å². The van der Waals surface area contributed by atoms with Crippen LogP contribution in [0.4, 0.5) is 13.2 Å². The number of thioether (sulfide) groups is 1. The maximum atomic E-state index is 11.8. The number of carbonyl (C=O) groups excluding carboxylic acids is 1. The molecule has 0 aromatic heterocycles. The van der Waals surface area contributed by atoms with E-state index in [0.717, 1.165) is 12.2 Å². The van der Waals surface area contributed by atoms with Crippen LogP contribution in [0.25, 0.3) is 0 Å². The number of alkyl halides is 3. The molecule has 0 bridgehead atoms.